The summed E-state index contributed by atoms with van der Waals surface area (Å²) in [6.07, 6.45) is 12.7. The standard InChI is InChI=1S/C21H36O2/c1-20-11-8-19-17(18(20)6-4-14(20)9-12-22)5-3-15-13-16(23)7-10-21(15,19)2/h14-19,22-23H,3-13H2,1-2H3/t14?,15?,16-,17?,18?,19?,20?,21?/m1/s1. The molecule has 7 unspecified atom stereocenters. The Labute approximate surface area is 142 Å². The lowest BCUT2D eigenvalue weighted by atomic mass is 9.44. The van der Waals surface area contributed by atoms with Crippen LogP contribution < -0.4 is 0 Å². The molecule has 8 atom stereocenters. The number of fused-ring (bicyclic) bond motifs is 5. The molecular formula is C21H36O2. The predicted octanol–water partition coefficient (Wildman–Crippen LogP) is 4.39. The third-order valence-electron chi connectivity index (χ3n) is 9.31. The first kappa shape index (κ1) is 16.4. The summed E-state index contributed by atoms with van der Waals surface area (Å²) in [7, 11) is 0. The molecule has 2 heteroatoms. The Morgan fingerprint density at radius 1 is 0.870 bits per heavy atom. The summed E-state index contributed by atoms with van der Waals surface area (Å²) >= 11 is 0. The zero-order valence-corrected chi connectivity index (χ0v) is 15.1. The third kappa shape index (κ3) is 2.34. The van der Waals surface area contributed by atoms with Crippen molar-refractivity contribution in [2.75, 3.05) is 6.61 Å². The minimum Gasteiger partial charge on any atom is -0.396 e. The summed E-state index contributed by atoms with van der Waals surface area (Å²) in [5.41, 5.74) is 1.000. The van der Waals surface area contributed by atoms with E-state index in [1.54, 1.807) is 0 Å². The molecule has 4 rings (SSSR count). The number of hydrogen-bond acceptors (Lipinski definition) is 2. The van der Waals surface area contributed by atoms with Crippen LogP contribution in [0.4, 0.5) is 0 Å². The third-order valence-corrected chi connectivity index (χ3v) is 9.31. The molecule has 0 amide bonds. The fourth-order valence-electron chi connectivity index (χ4n) is 7.97. The molecule has 0 heterocycles. The molecule has 2 nitrogen and oxygen atoms in total. The topological polar surface area (TPSA) is 40.5 Å². The second-order valence-corrected chi connectivity index (χ2v) is 9.92. The molecule has 0 aromatic carbocycles. The van der Waals surface area contributed by atoms with Crippen LogP contribution in [0.25, 0.3) is 0 Å². The Balaban J connectivity index is 1.58. The Hall–Kier alpha value is -0.0800. The van der Waals surface area contributed by atoms with Crippen molar-refractivity contribution in [3.05, 3.63) is 0 Å². The second kappa shape index (κ2) is 5.73. The van der Waals surface area contributed by atoms with Crippen LogP contribution in [0.5, 0.6) is 0 Å². The van der Waals surface area contributed by atoms with Crippen molar-refractivity contribution in [3.63, 3.8) is 0 Å². The van der Waals surface area contributed by atoms with E-state index >= 15 is 0 Å². The van der Waals surface area contributed by atoms with Crippen molar-refractivity contribution < 1.29 is 10.2 Å². The van der Waals surface area contributed by atoms with Crippen LogP contribution >= 0.6 is 0 Å². The van der Waals surface area contributed by atoms with Gasteiger partial charge in [-0.2, -0.15) is 0 Å². The van der Waals surface area contributed by atoms with E-state index in [-0.39, 0.29) is 6.10 Å². The zero-order valence-electron chi connectivity index (χ0n) is 15.1. The van der Waals surface area contributed by atoms with Crippen molar-refractivity contribution in [1.29, 1.82) is 0 Å². The second-order valence-electron chi connectivity index (χ2n) is 9.92. The maximum absolute atomic E-state index is 10.1. The molecule has 0 aromatic rings. The maximum Gasteiger partial charge on any atom is 0.0543 e. The van der Waals surface area contributed by atoms with Gasteiger partial charge in [0.15, 0.2) is 0 Å². The number of aliphatic hydroxyl groups is 2. The number of rotatable bonds is 2. The summed E-state index contributed by atoms with van der Waals surface area (Å²) in [6.45, 7) is 5.50. The highest BCUT2D eigenvalue weighted by atomic mass is 16.3. The predicted molar refractivity (Wildman–Crippen MR) is 92.9 cm³/mol. The zero-order chi connectivity index (χ0) is 16.2. The van der Waals surface area contributed by atoms with E-state index in [0.717, 1.165) is 48.9 Å². The van der Waals surface area contributed by atoms with E-state index in [9.17, 15) is 10.2 Å². The number of hydrogen-bond donors (Lipinski definition) is 2. The monoisotopic (exact) mass is 320 g/mol. The largest absolute Gasteiger partial charge is 0.396 e. The summed E-state index contributed by atoms with van der Waals surface area (Å²) < 4.78 is 0. The van der Waals surface area contributed by atoms with Crippen molar-refractivity contribution in [2.24, 2.45) is 40.4 Å². The van der Waals surface area contributed by atoms with Gasteiger partial charge in [0.2, 0.25) is 0 Å². The molecule has 132 valence electrons. The Bertz CT molecular complexity index is 449. The molecule has 0 spiro atoms. The highest BCUT2D eigenvalue weighted by molar-refractivity contribution is 5.09. The molecule has 4 fully saturated rings. The van der Waals surface area contributed by atoms with E-state index in [4.69, 9.17) is 0 Å². The van der Waals surface area contributed by atoms with Gasteiger partial charge in [0.05, 0.1) is 6.10 Å². The molecule has 0 aromatic heterocycles. The first-order valence-electron chi connectivity index (χ1n) is 10.3. The molecule has 4 saturated carbocycles. The molecule has 0 bridgehead atoms. The molecule has 0 aliphatic heterocycles. The van der Waals surface area contributed by atoms with Gasteiger partial charge in [-0.05, 0) is 105 Å². The van der Waals surface area contributed by atoms with Gasteiger partial charge in [0.25, 0.3) is 0 Å². The average molecular weight is 321 g/mol. The Morgan fingerprint density at radius 3 is 2.39 bits per heavy atom. The molecule has 4 aliphatic rings. The normalized spacial score (nSPS) is 55.8. The fraction of sp³-hybridized carbons (Fsp3) is 1.00. The van der Waals surface area contributed by atoms with E-state index in [1.165, 1.54) is 44.9 Å². The molecular weight excluding hydrogens is 284 g/mol. The molecule has 23 heavy (non-hydrogen) atoms. The van der Waals surface area contributed by atoms with Crippen LogP contribution in [0.15, 0.2) is 0 Å². The minimum absolute atomic E-state index is 0.0288. The SMILES string of the molecule is CC12CCC3C(CCC4C[C@H](O)CCC43C)C1CCC2CCO. The van der Waals surface area contributed by atoms with E-state index in [1.807, 2.05) is 0 Å². The van der Waals surface area contributed by atoms with Crippen LogP contribution in [0.2, 0.25) is 0 Å². The van der Waals surface area contributed by atoms with Crippen LogP contribution in [-0.2, 0) is 0 Å². The van der Waals surface area contributed by atoms with E-state index in [0.29, 0.717) is 17.4 Å². The summed E-state index contributed by atoms with van der Waals surface area (Å²) in [6, 6.07) is 0. The van der Waals surface area contributed by atoms with E-state index in [2.05, 4.69) is 13.8 Å². The highest BCUT2D eigenvalue weighted by Crippen LogP contribution is 2.67. The average Bonchev–Trinajstić information content (AvgIpc) is 2.85. The van der Waals surface area contributed by atoms with Crippen LogP contribution in [-0.4, -0.2) is 22.9 Å². The molecule has 0 saturated heterocycles. The Morgan fingerprint density at radius 2 is 1.61 bits per heavy atom. The van der Waals surface area contributed by atoms with Crippen LogP contribution in [0.3, 0.4) is 0 Å². The van der Waals surface area contributed by atoms with Gasteiger partial charge in [-0.3, -0.25) is 0 Å². The van der Waals surface area contributed by atoms with Crippen molar-refractivity contribution in [1.82, 2.24) is 0 Å². The van der Waals surface area contributed by atoms with E-state index < -0.39 is 0 Å². The van der Waals surface area contributed by atoms with Crippen LogP contribution in [0, 0.1) is 40.4 Å². The van der Waals surface area contributed by atoms with Crippen molar-refractivity contribution in [3.8, 4) is 0 Å². The summed E-state index contributed by atoms with van der Waals surface area (Å²) in [5, 5.41) is 19.6. The molecule has 2 N–H and O–H groups in total. The fourth-order valence-corrected chi connectivity index (χ4v) is 7.97. The van der Waals surface area contributed by atoms with Gasteiger partial charge in [0, 0.05) is 6.61 Å². The Kier molecular flexibility index (Phi) is 4.08. The van der Waals surface area contributed by atoms with Gasteiger partial charge < -0.3 is 10.2 Å². The lowest BCUT2D eigenvalue weighted by Gasteiger charge is -2.61. The quantitative estimate of drug-likeness (QED) is 0.792. The molecule has 0 radical (unpaired) electrons. The van der Waals surface area contributed by atoms with Gasteiger partial charge in [-0.1, -0.05) is 13.8 Å². The smallest absolute Gasteiger partial charge is 0.0543 e. The highest BCUT2D eigenvalue weighted by Gasteiger charge is 2.59. The lowest BCUT2D eigenvalue weighted by molar-refractivity contribution is -0.127. The van der Waals surface area contributed by atoms with Gasteiger partial charge in [-0.15, -0.1) is 0 Å². The summed E-state index contributed by atoms with van der Waals surface area (Å²) in [5.74, 6) is 4.26. The molecule has 4 aliphatic carbocycles. The first-order chi connectivity index (χ1) is 11.0. The van der Waals surface area contributed by atoms with Crippen molar-refractivity contribution in [2.45, 2.75) is 84.2 Å². The maximum atomic E-state index is 10.1. The minimum atomic E-state index is -0.0288. The lowest BCUT2D eigenvalue weighted by Crippen LogP contribution is -2.53. The number of aliphatic hydroxyl groups excluding tert-OH is 2. The van der Waals surface area contributed by atoms with Crippen molar-refractivity contribution >= 4 is 0 Å². The van der Waals surface area contributed by atoms with Gasteiger partial charge in [0.1, 0.15) is 0 Å². The van der Waals surface area contributed by atoms with Gasteiger partial charge in [-0.25, -0.2) is 0 Å². The van der Waals surface area contributed by atoms with Crippen LogP contribution in [0.1, 0.15) is 78.1 Å². The van der Waals surface area contributed by atoms with Gasteiger partial charge >= 0.3 is 0 Å². The first-order valence-corrected chi connectivity index (χ1v) is 10.3. The summed E-state index contributed by atoms with van der Waals surface area (Å²) in [4.78, 5) is 0.